The molecule has 1 saturated heterocycles. The number of hydrogen-bond donors (Lipinski definition) is 0. The normalized spacial score (nSPS) is 19.5. The number of hydrogen-bond acceptors (Lipinski definition) is 5. The molecule has 1 saturated carbocycles. The number of nitrogens with zero attached hydrogens (tertiary/aromatic N) is 3. The summed E-state index contributed by atoms with van der Waals surface area (Å²) in [5.74, 6) is -0.293. The second-order valence-corrected chi connectivity index (χ2v) is 13.0. The Morgan fingerprint density at radius 2 is 1.81 bits per heavy atom. The first kappa shape index (κ1) is 24.9. The Bertz CT molecular complexity index is 1430. The third-order valence-corrected chi connectivity index (χ3v) is 9.47. The van der Waals surface area contributed by atoms with Gasteiger partial charge in [0.05, 0.1) is 17.0 Å². The number of halogens is 1. The van der Waals surface area contributed by atoms with Gasteiger partial charge in [-0.1, -0.05) is 13.8 Å². The summed E-state index contributed by atoms with van der Waals surface area (Å²) in [6.07, 6.45) is 2.58. The number of furan rings is 1. The highest BCUT2D eigenvalue weighted by atomic mass is 32.2. The third-order valence-electron chi connectivity index (χ3n) is 7.45. The van der Waals surface area contributed by atoms with E-state index in [0.29, 0.717) is 23.2 Å². The number of aromatic nitrogens is 1. The molecule has 9 heteroatoms. The summed E-state index contributed by atoms with van der Waals surface area (Å²) in [5, 5.41) is 0. The predicted octanol–water partition coefficient (Wildman–Crippen LogP) is 4.96. The van der Waals surface area contributed by atoms with Crippen LogP contribution in [0.25, 0.3) is 22.4 Å². The lowest BCUT2D eigenvalue weighted by atomic mass is 9.96. The molecule has 0 bridgehead atoms. The summed E-state index contributed by atoms with van der Waals surface area (Å²) in [6.45, 7) is 8.54. The van der Waals surface area contributed by atoms with E-state index < -0.39 is 15.6 Å². The van der Waals surface area contributed by atoms with Gasteiger partial charge in [-0.25, -0.2) is 17.8 Å². The Labute approximate surface area is 211 Å². The van der Waals surface area contributed by atoms with E-state index in [0.717, 1.165) is 24.0 Å². The van der Waals surface area contributed by atoms with Crippen LogP contribution in [-0.2, 0) is 15.4 Å². The molecule has 0 spiro atoms. The Hall–Kier alpha value is -2.78. The monoisotopic (exact) mass is 513 g/mol. The van der Waals surface area contributed by atoms with Crippen molar-refractivity contribution in [3.63, 3.8) is 0 Å². The minimum absolute atomic E-state index is 0.0489. The van der Waals surface area contributed by atoms with E-state index in [4.69, 9.17) is 9.40 Å². The summed E-state index contributed by atoms with van der Waals surface area (Å²) < 4.78 is 46.4. The highest BCUT2D eigenvalue weighted by molar-refractivity contribution is 7.89. The molecule has 0 N–H and O–H groups in total. The highest BCUT2D eigenvalue weighted by Gasteiger charge is 2.44. The van der Waals surface area contributed by atoms with Crippen molar-refractivity contribution in [3.05, 3.63) is 53.5 Å². The fraction of sp³-hybridized carbons (Fsp3) is 0.481. The number of benzene rings is 1. The predicted molar refractivity (Wildman–Crippen MR) is 137 cm³/mol. The Kier molecular flexibility index (Phi) is 5.99. The lowest BCUT2D eigenvalue weighted by Gasteiger charge is -2.46. The average Bonchev–Trinajstić information content (AvgIpc) is 3.41. The maximum atomic E-state index is 13.6. The van der Waals surface area contributed by atoms with Crippen LogP contribution in [0.4, 0.5) is 4.39 Å². The standard InChI is InChI=1S/C27H32FN3O4S/c1-5-14-36(33,34)30-12-13-31(26(2,3)17-30)25(32)23-16-22-24(35-23)20(27(4)10-11-27)15-21(29-22)18-6-8-19(28)9-7-18/h6-9,15-16H,5,10-14,17H2,1-4H3. The van der Waals surface area contributed by atoms with Crippen LogP contribution in [0.5, 0.6) is 0 Å². The van der Waals surface area contributed by atoms with Crippen LogP contribution in [0.15, 0.2) is 40.8 Å². The number of sulfonamides is 1. The Morgan fingerprint density at radius 1 is 1.11 bits per heavy atom. The van der Waals surface area contributed by atoms with Crippen molar-refractivity contribution in [1.82, 2.24) is 14.2 Å². The van der Waals surface area contributed by atoms with Gasteiger partial charge in [-0.15, -0.1) is 0 Å². The highest BCUT2D eigenvalue weighted by Crippen LogP contribution is 2.50. The quantitative estimate of drug-likeness (QED) is 0.465. The van der Waals surface area contributed by atoms with Crippen LogP contribution >= 0.6 is 0 Å². The van der Waals surface area contributed by atoms with Gasteiger partial charge in [0, 0.05) is 36.8 Å². The number of carbonyl (C=O) groups excluding carboxylic acids is 1. The molecule has 3 aromatic rings. The molecule has 5 rings (SSSR count). The third kappa shape index (κ3) is 4.43. The molecule has 2 aliphatic rings. The minimum atomic E-state index is -3.35. The van der Waals surface area contributed by atoms with Crippen molar-refractivity contribution in [3.8, 4) is 11.3 Å². The molecule has 0 atom stereocenters. The van der Waals surface area contributed by atoms with Gasteiger partial charge in [-0.2, -0.15) is 4.31 Å². The second kappa shape index (κ2) is 8.66. The second-order valence-electron chi connectivity index (χ2n) is 10.9. The van der Waals surface area contributed by atoms with Gasteiger partial charge in [-0.3, -0.25) is 4.79 Å². The van der Waals surface area contributed by atoms with Crippen LogP contribution in [0.2, 0.25) is 0 Å². The number of carbonyl (C=O) groups is 1. The summed E-state index contributed by atoms with van der Waals surface area (Å²) in [7, 11) is -3.35. The van der Waals surface area contributed by atoms with Gasteiger partial charge in [0.15, 0.2) is 11.3 Å². The smallest absolute Gasteiger partial charge is 0.290 e. The number of rotatable bonds is 6. The zero-order valence-electron chi connectivity index (χ0n) is 21.2. The van der Waals surface area contributed by atoms with Crippen LogP contribution in [0.1, 0.15) is 63.1 Å². The van der Waals surface area contributed by atoms with Crippen LogP contribution in [0, 0.1) is 5.82 Å². The van der Waals surface area contributed by atoms with Gasteiger partial charge in [0.25, 0.3) is 5.91 Å². The van der Waals surface area contributed by atoms with E-state index in [1.807, 2.05) is 26.8 Å². The molecule has 2 aromatic heterocycles. The number of fused-ring (bicyclic) bond motifs is 1. The van der Waals surface area contributed by atoms with Crippen molar-refractivity contribution in [2.75, 3.05) is 25.4 Å². The van der Waals surface area contributed by atoms with Crippen molar-refractivity contribution < 1.29 is 22.0 Å². The summed E-state index contributed by atoms with van der Waals surface area (Å²) >= 11 is 0. The molecule has 36 heavy (non-hydrogen) atoms. The number of piperazine rings is 1. The maximum Gasteiger partial charge on any atom is 0.290 e. The molecule has 192 valence electrons. The zero-order valence-corrected chi connectivity index (χ0v) is 22.0. The van der Waals surface area contributed by atoms with Crippen LogP contribution in [-0.4, -0.2) is 59.4 Å². The van der Waals surface area contributed by atoms with E-state index in [1.165, 1.54) is 16.4 Å². The molecule has 1 aliphatic heterocycles. The van der Waals surface area contributed by atoms with Gasteiger partial charge in [0.2, 0.25) is 10.0 Å². The zero-order chi connectivity index (χ0) is 25.9. The van der Waals surface area contributed by atoms with Gasteiger partial charge >= 0.3 is 0 Å². The van der Waals surface area contributed by atoms with Gasteiger partial charge in [0.1, 0.15) is 11.3 Å². The number of pyridine rings is 1. The molecule has 7 nitrogen and oxygen atoms in total. The minimum Gasteiger partial charge on any atom is -0.449 e. The molecule has 1 aromatic carbocycles. The largest absolute Gasteiger partial charge is 0.449 e. The van der Waals surface area contributed by atoms with E-state index in [9.17, 15) is 17.6 Å². The number of amides is 1. The molecular weight excluding hydrogens is 481 g/mol. The van der Waals surface area contributed by atoms with Gasteiger partial charge < -0.3 is 9.32 Å². The van der Waals surface area contributed by atoms with E-state index in [-0.39, 0.29) is 48.3 Å². The van der Waals surface area contributed by atoms with E-state index in [2.05, 4.69) is 6.92 Å². The molecule has 3 heterocycles. The molecule has 1 aliphatic carbocycles. The van der Waals surface area contributed by atoms with Crippen molar-refractivity contribution in [1.29, 1.82) is 0 Å². The summed E-state index contributed by atoms with van der Waals surface area (Å²) in [5.41, 5.74) is 2.95. The van der Waals surface area contributed by atoms with Crippen LogP contribution < -0.4 is 0 Å². The summed E-state index contributed by atoms with van der Waals surface area (Å²) in [4.78, 5) is 20.1. The molecule has 2 fully saturated rings. The first-order chi connectivity index (χ1) is 16.9. The van der Waals surface area contributed by atoms with Crippen molar-refractivity contribution >= 4 is 27.0 Å². The lowest BCUT2D eigenvalue weighted by Crippen LogP contribution is -2.62. The molecule has 0 unspecified atom stereocenters. The fourth-order valence-electron chi connectivity index (χ4n) is 5.04. The topological polar surface area (TPSA) is 83.7 Å². The molecular formula is C27H32FN3O4S. The van der Waals surface area contributed by atoms with Crippen LogP contribution in [0.3, 0.4) is 0 Å². The van der Waals surface area contributed by atoms with Crippen molar-refractivity contribution in [2.24, 2.45) is 0 Å². The maximum absolute atomic E-state index is 13.6. The first-order valence-electron chi connectivity index (χ1n) is 12.4. The lowest BCUT2D eigenvalue weighted by molar-refractivity contribution is 0.0325. The van der Waals surface area contributed by atoms with Crippen molar-refractivity contribution in [2.45, 2.75) is 57.9 Å². The molecule has 1 amide bonds. The van der Waals surface area contributed by atoms with E-state index >= 15 is 0 Å². The summed E-state index contributed by atoms with van der Waals surface area (Å²) in [6, 6.07) is 9.88. The first-order valence-corrected chi connectivity index (χ1v) is 14.1. The fourth-order valence-corrected chi connectivity index (χ4v) is 6.69. The van der Waals surface area contributed by atoms with E-state index in [1.54, 1.807) is 23.1 Å². The molecule has 0 radical (unpaired) electrons. The SMILES string of the molecule is CCCS(=O)(=O)N1CCN(C(=O)c2cc3nc(-c4ccc(F)cc4)cc(C4(C)CC4)c3o2)C(C)(C)C1. The Morgan fingerprint density at radius 3 is 2.42 bits per heavy atom. The Balaban J connectivity index is 1.49. The van der Waals surface area contributed by atoms with Gasteiger partial charge in [-0.05, 0) is 68.9 Å². The average molecular weight is 514 g/mol.